The third-order valence-corrected chi connectivity index (χ3v) is 4.86. The first kappa shape index (κ1) is 18.1. The maximum atomic E-state index is 12.3. The van der Waals surface area contributed by atoms with Crippen LogP contribution in [0.15, 0.2) is 28.9 Å². The Labute approximate surface area is 155 Å². The van der Waals surface area contributed by atoms with E-state index in [2.05, 4.69) is 26.2 Å². The Balaban J connectivity index is 1.84. The minimum absolute atomic E-state index is 0.318. The summed E-state index contributed by atoms with van der Waals surface area (Å²) < 4.78 is 11.6. The zero-order chi connectivity index (χ0) is 17.6. The predicted molar refractivity (Wildman–Crippen MR) is 99.0 cm³/mol. The molecule has 6 nitrogen and oxygen atoms in total. The standard InChI is InChI=1S/C18H22BrN3O3/c1-2-25-18(23)15-12-21-16-4-3-13(19)11-14(16)17(15)20-5-6-22-7-9-24-10-8-22/h3-4,11-12H,2,5-10H2,1H3,(H,20,21)/p+2. The predicted octanol–water partition coefficient (Wildman–Crippen LogP) is 0.920. The number of carbonyl (C=O) groups excluding carboxylic acids is 1. The number of nitrogens with one attached hydrogen (secondary N) is 3. The van der Waals surface area contributed by atoms with E-state index in [1.165, 1.54) is 4.90 Å². The Hall–Kier alpha value is -1.70. The van der Waals surface area contributed by atoms with Gasteiger partial charge in [-0.05, 0) is 19.1 Å². The number of morpholine rings is 1. The Morgan fingerprint density at radius 2 is 2.20 bits per heavy atom. The summed E-state index contributed by atoms with van der Waals surface area (Å²) in [5.41, 5.74) is 2.32. The van der Waals surface area contributed by atoms with Crippen molar-refractivity contribution in [2.45, 2.75) is 6.92 Å². The number of quaternary nitrogens is 1. The molecule has 0 saturated carbocycles. The molecule has 1 aliphatic rings. The first-order chi connectivity index (χ1) is 12.2. The number of carbonyl (C=O) groups is 1. The van der Waals surface area contributed by atoms with Crippen molar-refractivity contribution in [3.8, 4) is 0 Å². The van der Waals surface area contributed by atoms with Gasteiger partial charge in [0.15, 0.2) is 6.20 Å². The number of pyridine rings is 1. The molecule has 25 heavy (non-hydrogen) atoms. The van der Waals surface area contributed by atoms with Crippen LogP contribution in [0, 0.1) is 0 Å². The maximum absolute atomic E-state index is 12.3. The van der Waals surface area contributed by atoms with Crippen molar-refractivity contribution < 1.29 is 24.2 Å². The molecule has 0 bridgehead atoms. The summed E-state index contributed by atoms with van der Waals surface area (Å²) in [6.45, 7) is 7.63. The monoisotopic (exact) mass is 409 g/mol. The third-order valence-electron chi connectivity index (χ3n) is 4.37. The maximum Gasteiger partial charge on any atom is 0.346 e. The van der Waals surface area contributed by atoms with Crippen LogP contribution in [0.5, 0.6) is 0 Å². The number of H-pyrrole nitrogens is 1. The number of anilines is 1. The van der Waals surface area contributed by atoms with Crippen LogP contribution in [-0.2, 0) is 9.47 Å². The van der Waals surface area contributed by atoms with Crippen molar-refractivity contribution in [2.75, 3.05) is 51.3 Å². The smallest absolute Gasteiger partial charge is 0.346 e. The summed E-state index contributed by atoms with van der Waals surface area (Å²) >= 11 is 3.51. The molecule has 0 amide bonds. The van der Waals surface area contributed by atoms with Crippen molar-refractivity contribution in [3.05, 3.63) is 34.4 Å². The van der Waals surface area contributed by atoms with E-state index in [-0.39, 0.29) is 5.97 Å². The molecule has 3 N–H and O–H groups in total. The van der Waals surface area contributed by atoms with Crippen LogP contribution >= 0.6 is 15.9 Å². The minimum atomic E-state index is -0.318. The Kier molecular flexibility index (Phi) is 6.23. The lowest BCUT2D eigenvalue weighted by atomic mass is 10.1. The summed E-state index contributed by atoms with van der Waals surface area (Å²) in [6, 6.07) is 5.98. The molecule has 0 radical (unpaired) electrons. The van der Waals surface area contributed by atoms with Gasteiger partial charge in [0.25, 0.3) is 0 Å². The van der Waals surface area contributed by atoms with E-state index >= 15 is 0 Å². The molecular weight excluding hydrogens is 386 g/mol. The molecule has 2 heterocycles. The van der Waals surface area contributed by atoms with Crippen molar-refractivity contribution in [1.82, 2.24) is 0 Å². The topological polar surface area (TPSA) is 66.1 Å². The second-order valence-corrected chi connectivity index (χ2v) is 6.94. The summed E-state index contributed by atoms with van der Waals surface area (Å²) in [5, 5.41) is 4.44. The van der Waals surface area contributed by atoms with Gasteiger partial charge in [-0.1, -0.05) is 15.9 Å². The van der Waals surface area contributed by atoms with Gasteiger partial charge in [-0.3, -0.25) is 0 Å². The molecule has 0 atom stereocenters. The summed E-state index contributed by atoms with van der Waals surface area (Å²) in [4.78, 5) is 17.0. The fraction of sp³-hybridized carbons (Fsp3) is 0.444. The number of benzene rings is 1. The van der Waals surface area contributed by atoms with Gasteiger partial charge in [0, 0.05) is 10.5 Å². The van der Waals surface area contributed by atoms with Gasteiger partial charge in [-0.15, -0.1) is 0 Å². The van der Waals surface area contributed by atoms with Crippen LogP contribution in [0.4, 0.5) is 5.69 Å². The summed E-state index contributed by atoms with van der Waals surface area (Å²) in [7, 11) is 0. The van der Waals surface area contributed by atoms with Gasteiger partial charge in [0.1, 0.15) is 18.7 Å². The van der Waals surface area contributed by atoms with Crippen LogP contribution in [0.25, 0.3) is 10.9 Å². The Bertz CT molecular complexity index is 748. The zero-order valence-electron chi connectivity index (χ0n) is 14.4. The van der Waals surface area contributed by atoms with E-state index in [0.717, 1.165) is 60.5 Å². The molecule has 0 unspecified atom stereocenters. The number of esters is 1. The highest BCUT2D eigenvalue weighted by molar-refractivity contribution is 9.10. The molecule has 0 spiro atoms. The fourth-order valence-corrected chi connectivity index (χ4v) is 3.41. The van der Waals surface area contributed by atoms with Crippen molar-refractivity contribution in [1.29, 1.82) is 0 Å². The number of aromatic amines is 1. The van der Waals surface area contributed by atoms with Crippen molar-refractivity contribution in [3.63, 3.8) is 0 Å². The van der Waals surface area contributed by atoms with E-state index in [1.54, 1.807) is 6.20 Å². The molecule has 1 aromatic carbocycles. The number of hydrogen-bond donors (Lipinski definition) is 2. The molecule has 1 saturated heterocycles. The van der Waals surface area contributed by atoms with E-state index < -0.39 is 0 Å². The SMILES string of the molecule is CCOC(=O)c1c[nH+]c2ccc(Br)cc2c1NCC[NH+]1CCOCC1. The first-order valence-corrected chi connectivity index (χ1v) is 9.44. The van der Waals surface area contributed by atoms with Gasteiger partial charge in [0.2, 0.25) is 5.52 Å². The van der Waals surface area contributed by atoms with Gasteiger partial charge in [-0.2, -0.15) is 0 Å². The molecule has 7 heteroatoms. The average Bonchev–Trinajstić information content (AvgIpc) is 2.63. The Morgan fingerprint density at radius 3 is 2.96 bits per heavy atom. The molecule has 134 valence electrons. The normalized spacial score (nSPS) is 15.3. The highest BCUT2D eigenvalue weighted by Crippen LogP contribution is 2.27. The van der Waals surface area contributed by atoms with Crippen LogP contribution in [-0.4, -0.2) is 52.0 Å². The zero-order valence-corrected chi connectivity index (χ0v) is 15.9. The minimum Gasteiger partial charge on any atom is -0.462 e. The van der Waals surface area contributed by atoms with Crippen molar-refractivity contribution >= 4 is 38.5 Å². The lowest BCUT2D eigenvalue weighted by molar-refractivity contribution is -0.906. The second kappa shape index (κ2) is 8.60. The highest BCUT2D eigenvalue weighted by Gasteiger charge is 2.21. The van der Waals surface area contributed by atoms with Crippen molar-refractivity contribution in [2.24, 2.45) is 0 Å². The number of hydrogen-bond acceptors (Lipinski definition) is 4. The van der Waals surface area contributed by atoms with Gasteiger partial charge in [0.05, 0.1) is 44.0 Å². The molecule has 2 aromatic rings. The van der Waals surface area contributed by atoms with E-state index in [9.17, 15) is 4.79 Å². The largest absolute Gasteiger partial charge is 0.462 e. The lowest BCUT2D eigenvalue weighted by Gasteiger charge is -2.24. The molecular formula is C18H24BrN3O3+2. The number of ether oxygens (including phenoxy) is 2. The average molecular weight is 410 g/mol. The third kappa shape index (κ3) is 4.48. The second-order valence-electron chi connectivity index (χ2n) is 6.03. The molecule has 3 rings (SSSR count). The number of fused-ring (bicyclic) bond motifs is 1. The van der Waals surface area contributed by atoms with Gasteiger partial charge >= 0.3 is 5.97 Å². The first-order valence-electron chi connectivity index (χ1n) is 8.65. The van der Waals surface area contributed by atoms with Gasteiger partial charge < -0.3 is 19.7 Å². The van der Waals surface area contributed by atoms with Crippen LogP contribution in [0.2, 0.25) is 0 Å². The Morgan fingerprint density at radius 1 is 1.40 bits per heavy atom. The number of rotatable bonds is 6. The number of aromatic nitrogens is 1. The van der Waals surface area contributed by atoms with Crippen LogP contribution in [0.1, 0.15) is 17.3 Å². The molecule has 1 aromatic heterocycles. The number of halogens is 1. The summed E-state index contributed by atoms with van der Waals surface area (Å²) in [6.07, 6.45) is 1.72. The molecule has 1 aliphatic heterocycles. The van der Waals surface area contributed by atoms with E-state index in [0.29, 0.717) is 12.2 Å². The fourth-order valence-electron chi connectivity index (χ4n) is 3.05. The van der Waals surface area contributed by atoms with E-state index in [1.807, 2.05) is 25.1 Å². The highest BCUT2D eigenvalue weighted by atomic mass is 79.9. The molecule has 0 aliphatic carbocycles. The molecule has 1 fully saturated rings. The lowest BCUT2D eigenvalue weighted by Crippen LogP contribution is -3.14. The van der Waals surface area contributed by atoms with Crippen LogP contribution in [0.3, 0.4) is 0 Å². The van der Waals surface area contributed by atoms with Crippen LogP contribution < -0.4 is 15.2 Å². The van der Waals surface area contributed by atoms with E-state index in [4.69, 9.17) is 9.47 Å². The quantitative estimate of drug-likeness (QED) is 0.696. The van der Waals surface area contributed by atoms with Gasteiger partial charge in [-0.25, -0.2) is 9.78 Å². The summed E-state index contributed by atoms with van der Waals surface area (Å²) in [5.74, 6) is -0.318.